The topological polar surface area (TPSA) is 51.4 Å². The Morgan fingerprint density at radius 2 is 1.60 bits per heavy atom. The maximum Gasteiger partial charge on any atom is 0.309 e. The summed E-state index contributed by atoms with van der Waals surface area (Å²) in [7, 11) is 0. The first kappa shape index (κ1) is 11.0. The Hall–Kier alpha value is -0.610. The Bertz CT molecular complexity index is 491. The second-order valence-electron chi connectivity index (χ2n) is 7.92. The van der Waals surface area contributed by atoms with E-state index in [0.29, 0.717) is 54.7 Å². The number of carbonyl (C=O) groups excluding carboxylic acids is 1. The van der Waals surface area contributed by atoms with Crippen LogP contribution in [0.1, 0.15) is 25.7 Å². The minimum Gasteiger partial charge on any atom is -0.465 e. The van der Waals surface area contributed by atoms with Crippen LogP contribution in [0.3, 0.4) is 0 Å². The molecule has 4 aliphatic carbocycles. The van der Waals surface area contributed by atoms with Crippen LogP contribution in [0.5, 0.6) is 0 Å². The third kappa shape index (κ3) is 1.28. The number of epoxide rings is 2. The van der Waals surface area contributed by atoms with E-state index in [0.717, 1.165) is 12.3 Å². The van der Waals surface area contributed by atoms with E-state index in [2.05, 4.69) is 0 Å². The molecule has 4 saturated carbocycles. The molecule has 4 heteroatoms. The molecule has 2 heterocycles. The first-order chi connectivity index (χ1) is 9.79. The smallest absolute Gasteiger partial charge is 0.309 e. The van der Waals surface area contributed by atoms with Crippen LogP contribution in [0.2, 0.25) is 0 Å². The molecule has 108 valence electrons. The highest BCUT2D eigenvalue weighted by atomic mass is 16.6. The van der Waals surface area contributed by atoms with E-state index in [1.54, 1.807) is 0 Å². The number of hydrogen-bond donors (Lipinski definition) is 0. The highest BCUT2D eigenvalue weighted by molar-refractivity contribution is 5.74. The summed E-state index contributed by atoms with van der Waals surface area (Å²) >= 11 is 0. The molecule has 0 amide bonds. The van der Waals surface area contributed by atoms with Gasteiger partial charge in [-0.2, -0.15) is 0 Å². The third-order valence-electron chi connectivity index (χ3n) is 7.07. The summed E-state index contributed by atoms with van der Waals surface area (Å²) < 4.78 is 17.0. The van der Waals surface area contributed by atoms with Gasteiger partial charge in [-0.05, 0) is 49.4 Å². The van der Waals surface area contributed by atoms with Gasteiger partial charge in [0.15, 0.2) is 0 Å². The number of fused-ring (bicyclic) bond motifs is 10. The normalized spacial score (nSPS) is 63.2. The Kier molecular flexibility index (Phi) is 1.88. The highest BCUT2D eigenvalue weighted by Crippen LogP contribution is 2.60. The second kappa shape index (κ2) is 3.41. The first-order valence-electron chi connectivity index (χ1n) is 8.27. The highest BCUT2D eigenvalue weighted by Gasteiger charge is 2.65. The van der Waals surface area contributed by atoms with E-state index in [1.807, 2.05) is 0 Å². The molecule has 2 saturated heterocycles. The lowest BCUT2D eigenvalue weighted by molar-refractivity contribution is -0.152. The molecule has 0 aromatic rings. The van der Waals surface area contributed by atoms with Gasteiger partial charge in [-0.1, -0.05) is 0 Å². The SMILES string of the molecule is O=C(OCC1CC2CC1C1OC21)C1CC2CC1C1OC21. The molecule has 0 aromatic heterocycles. The van der Waals surface area contributed by atoms with E-state index in [4.69, 9.17) is 14.2 Å². The van der Waals surface area contributed by atoms with Crippen molar-refractivity contribution in [2.24, 2.45) is 35.5 Å². The van der Waals surface area contributed by atoms with Gasteiger partial charge in [-0.25, -0.2) is 0 Å². The monoisotopic (exact) mass is 276 g/mol. The average molecular weight is 276 g/mol. The van der Waals surface area contributed by atoms with E-state index < -0.39 is 0 Å². The zero-order valence-electron chi connectivity index (χ0n) is 11.4. The number of rotatable bonds is 3. The molecule has 0 N–H and O–H groups in total. The summed E-state index contributed by atoms with van der Waals surface area (Å²) in [6.45, 7) is 0.634. The fourth-order valence-corrected chi connectivity index (χ4v) is 6.09. The van der Waals surface area contributed by atoms with Crippen molar-refractivity contribution in [2.75, 3.05) is 6.61 Å². The van der Waals surface area contributed by atoms with Crippen LogP contribution in [0.25, 0.3) is 0 Å². The van der Waals surface area contributed by atoms with Crippen molar-refractivity contribution in [2.45, 2.75) is 50.1 Å². The van der Waals surface area contributed by atoms with Crippen LogP contribution in [-0.2, 0) is 19.0 Å². The zero-order valence-corrected chi connectivity index (χ0v) is 11.4. The van der Waals surface area contributed by atoms with Gasteiger partial charge >= 0.3 is 5.97 Å². The Labute approximate surface area is 118 Å². The van der Waals surface area contributed by atoms with Crippen molar-refractivity contribution in [3.8, 4) is 0 Å². The maximum absolute atomic E-state index is 12.3. The van der Waals surface area contributed by atoms with Crippen LogP contribution in [0.4, 0.5) is 0 Å². The van der Waals surface area contributed by atoms with Gasteiger partial charge in [-0.3, -0.25) is 4.79 Å². The summed E-state index contributed by atoms with van der Waals surface area (Å²) in [4.78, 5) is 12.3. The van der Waals surface area contributed by atoms with Crippen molar-refractivity contribution in [1.82, 2.24) is 0 Å². The molecule has 4 nitrogen and oxygen atoms in total. The van der Waals surface area contributed by atoms with Gasteiger partial charge in [0.05, 0.1) is 36.9 Å². The van der Waals surface area contributed by atoms with Crippen molar-refractivity contribution >= 4 is 5.97 Å². The third-order valence-corrected chi connectivity index (χ3v) is 7.07. The molecular weight excluding hydrogens is 256 g/mol. The van der Waals surface area contributed by atoms with Gasteiger partial charge in [-0.15, -0.1) is 0 Å². The van der Waals surface area contributed by atoms with Crippen molar-refractivity contribution < 1.29 is 19.0 Å². The lowest BCUT2D eigenvalue weighted by Gasteiger charge is -2.22. The predicted molar refractivity (Wildman–Crippen MR) is 67.7 cm³/mol. The molecular formula is C16H20O4. The first-order valence-corrected chi connectivity index (χ1v) is 8.27. The Balaban J connectivity index is 1.09. The minimum atomic E-state index is 0.0579. The van der Waals surface area contributed by atoms with Crippen LogP contribution in [0.15, 0.2) is 0 Å². The molecule has 10 atom stereocenters. The van der Waals surface area contributed by atoms with E-state index in [-0.39, 0.29) is 11.9 Å². The molecule has 0 spiro atoms. The summed E-state index contributed by atoms with van der Waals surface area (Å²) in [5.41, 5.74) is 0. The van der Waals surface area contributed by atoms with Gasteiger partial charge < -0.3 is 14.2 Å². The number of esters is 1. The number of carbonyl (C=O) groups is 1. The molecule has 0 radical (unpaired) electrons. The van der Waals surface area contributed by atoms with Gasteiger partial charge in [0, 0.05) is 5.92 Å². The molecule has 4 bridgehead atoms. The Morgan fingerprint density at radius 3 is 2.25 bits per heavy atom. The van der Waals surface area contributed by atoms with Crippen molar-refractivity contribution in [3.63, 3.8) is 0 Å². The predicted octanol–water partition coefficient (Wildman–Crippen LogP) is 1.38. The standard InChI is InChI=1S/C16H20O4/c17-16(11-4-7-3-10(11)15-13(7)20-15)18-5-8-1-6-2-9(8)14-12(6)19-14/h6-15H,1-5H2. The fourth-order valence-electron chi connectivity index (χ4n) is 6.09. The molecule has 10 unspecified atom stereocenters. The minimum absolute atomic E-state index is 0.0579. The summed E-state index contributed by atoms with van der Waals surface area (Å²) in [6.07, 6.45) is 6.71. The van der Waals surface area contributed by atoms with Gasteiger partial charge in [0.1, 0.15) is 0 Å². The van der Waals surface area contributed by atoms with Gasteiger partial charge in [0.25, 0.3) is 0 Å². The van der Waals surface area contributed by atoms with E-state index in [9.17, 15) is 4.79 Å². The summed E-state index contributed by atoms with van der Waals surface area (Å²) in [5.74, 6) is 3.30. The van der Waals surface area contributed by atoms with Gasteiger partial charge in [0.2, 0.25) is 0 Å². The maximum atomic E-state index is 12.3. The average Bonchev–Trinajstić information content (AvgIpc) is 3.30. The number of ether oxygens (including phenoxy) is 3. The van der Waals surface area contributed by atoms with Crippen molar-refractivity contribution in [1.29, 1.82) is 0 Å². The van der Waals surface area contributed by atoms with Crippen LogP contribution in [-0.4, -0.2) is 37.0 Å². The molecule has 2 aliphatic heterocycles. The van der Waals surface area contributed by atoms with E-state index in [1.165, 1.54) is 19.3 Å². The quantitative estimate of drug-likeness (QED) is 0.577. The lowest BCUT2D eigenvalue weighted by atomic mass is 9.88. The molecule has 6 rings (SSSR count). The fraction of sp³-hybridized carbons (Fsp3) is 0.938. The molecule has 6 aliphatic rings. The Morgan fingerprint density at radius 1 is 0.900 bits per heavy atom. The summed E-state index contributed by atoms with van der Waals surface area (Å²) in [6, 6.07) is 0. The van der Waals surface area contributed by atoms with Crippen LogP contribution >= 0.6 is 0 Å². The number of hydrogen-bond acceptors (Lipinski definition) is 4. The zero-order chi connectivity index (χ0) is 13.0. The second-order valence-corrected chi connectivity index (χ2v) is 7.92. The molecule has 6 fully saturated rings. The lowest BCUT2D eigenvalue weighted by Crippen LogP contribution is -2.30. The largest absolute Gasteiger partial charge is 0.465 e. The van der Waals surface area contributed by atoms with Crippen LogP contribution < -0.4 is 0 Å². The van der Waals surface area contributed by atoms with E-state index >= 15 is 0 Å². The summed E-state index contributed by atoms with van der Waals surface area (Å²) in [5, 5.41) is 0. The molecule has 20 heavy (non-hydrogen) atoms. The van der Waals surface area contributed by atoms with Crippen molar-refractivity contribution in [3.05, 3.63) is 0 Å². The van der Waals surface area contributed by atoms with Crippen LogP contribution in [0, 0.1) is 35.5 Å². The molecule has 0 aromatic carbocycles.